The molecule has 1 heteroatoms. The third-order valence-corrected chi connectivity index (χ3v) is 1.88. The summed E-state index contributed by atoms with van der Waals surface area (Å²) in [6.07, 6.45) is 5.82. The maximum atomic E-state index is 8.37. The second-order valence-corrected chi connectivity index (χ2v) is 3.03. The van der Waals surface area contributed by atoms with E-state index in [-0.39, 0.29) is 0 Å². The third kappa shape index (κ3) is 5.73. The van der Waals surface area contributed by atoms with Gasteiger partial charge in [-0.1, -0.05) is 30.7 Å². The van der Waals surface area contributed by atoms with Crippen LogP contribution in [-0.2, 0) is 0 Å². The number of nitrogens with zero attached hydrogens (tertiary/aromatic N) is 1. The summed E-state index contributed by atoms with van der Waals surface area (Å²) in [6, 6.07) is 2.10. The van der Waals surface area contributed by atoms with Crippen LogP contribution in [0.15, 0.2) is 23.8 Å². The van der Waals surface area contributed by atoms with E-state index in [4.69, 9.17) is 5.26 Å². The molecule has 0 radical (unpaired) electrons. The Morgan fingerprint density at radius 2 is 2.25 bits per heavy atom. The first-order valence-corrected chi connectivity index (χ1v) is 4.40. The van der Waals surface area contributed by atoms with Gasteiger partial charge in [0, 0.05) is 0 Å². The topological polar surface area (TPSA) is 23.8 Å². The summed E-state index contributed by atoms with van der Waals surface area (Å²) in [7, 11) is 0. The fourth-order valence-corrected chi connectivity index (χ4v) is 0.867. The monoisotopic (exact) mass is 163 g/mol. The molecular weight excluding hydrogens is 146 g/mol. The number of hydrogen-bond donors (Lipinski definition) is 0. The van der Waals surface area contributed by atoms with Crippen LogP contribution in [0.25, 0.3) is 0 Å². The van der Waals surface area contributed by atoms with Gasteiger partial charge in [-0.15, -0.1) is 0 Å². The van der Waals surface area contributed by atoms with E-state index < -0.39 is 0 Å². The fourth-order valence-electron chi connectivity index (χ4n) is 0.867. The van der Waals surface area contributed by atoms with Gasteiger partial charge in [0.1, 0.15) is 0 Å². The Hall–Kier alpha value is -1.03. The van der Waals surface area contributed by atoms with Crippen molar-refractivity contribution in [1.29, 1.82) is 5.26 Å². The highest BCUT2D eigenvalue weighted by Gasteiger charge is 1.91. The van der Waals surface area contributed by atoms with Crippen LogP contribution in [0.4, 0.5) is 0 Å². The molecule has 0 atom stereocenters. The van der Waals surface area contributed by atoms with E-state index in [1.807, 2.05) is 0 Å². The van der Waals surface area contributed by atoms with E-state index in [1.54, 1.807) is 0 Å². The lowest BCUT2D eigenvalue weighted by Crippen LogP contribution is -1.79. The molecule has 0 amide bonds. The Balaban J connectivity index is 3.57. The van der Waals surface area contributed by atoms with Gasteiger partial charge in [-0.3, -0.25) is 0 Å². The molecule has 0 aromatic carbocycles. The molecule has 0 bridgehead atoms. The first-order chi connectivity index (χ1) is 5.70. The van der Waals surface area contributed by atoms with E-state index >= 15 is 0 Å². The summed E-state index contributed by atoms with van der Waals surface area (Å²) in [5.74, 6) is 0. The molecule has 0 aliphatic rings. The maximum absolute atomic E-state index is 8.37. The van der Waals surface area contributed by atoms with Gasteiger partial charge < -0.3 is 0 Å². The Morgan fingerprint density at radius 3 is 2.75 bits per heavy atom. The number of nitriles is 1. The van der Waals surface area contributed by atoms with Crippen molar-refractivity contribution in [2.45, 2.75) is 39.5 Å². The normalized spacial score (nSPS) is 10.9. The zero-order valence-electron chi connectivity index (χ0n) is 8.06. The second kappa shape index (κ2) is 6.67. The van der Waals surface area contributed by atoms with Gasteiger partial charge in [0.15, 0.2) is 0 Å². The van der Waals surface area contributed by atoms with Crippen LogP contribution < -0.4 is 0 Å². The first-order valence-electron chi connectivity index (χ1n) is 4.40. The van der Waals surface area contributed by atoms with Crippen LogP contribution >= 0.6 is 0 Å². The molecule has 0 heterocycles. The van der Waals surface area contributed by atoms with E-state index in [0.29, 0.717) is 6.42 Å². The minimum absolute atomic E-state index is 0.499. The molecule has 0 saturated carbocycles. The summed E-state index contributed by atoms with van der Waals surface area (Å²) in [4.78, 5) is 0. The molecule has 66 valence electrons. The average molecular weight is 163 g/mol. The number of hydrogen-bond acceptors (Lipinski definition) is 1. The van der Waals surface area contributed by atoms with Crippen molar-refractivity contribution in [2.24, 2.45) is 0 Å². The molecule has 0 rings (SSSR count). The third-order valence-electron chi connectivity index (χ3n) is 1.88. The minimum atomic E-state index is 0.499. The van der Waals surface area contributed by atoms with Crippen molar-refractivity contribution in [1.82, 2.24) is 0 Å². The van der Waals surface area contributed by atoms with Crippen LogP contribution in [0.5, 0.6) is 0 Å². The molecule has 0 saturated heterocycles. The minimum Gasteiger partial charge on any atom is -0.198 e. The highest BCUT2D eigenvalue weighted by molar-refractivity contribution is 5.05. The van der Waals surface area contributed by atoms with E-state index in [9.17, 15) is 0 Å². The number of allylic oxidation sites excluding steroid dienone is 3. The molecule has 0 aliphatic heterocycles. The van der Waals surface area contributed by atoms with Crippen LogP contribution in [0.2, 0.25) is 0 Å². The summed E-state index contributed by atoms with van der Waals surface area (Å²) in [5, 5.41) is 8.37. The van der Waals surface area contributed by atoms with Gasteiger partial charge in [-0.05, 0) is 26.2 Å². The predicted molar refractivity (Wildman–Crippen MR) is 52.7 cm³/mol. The highest BCUT2D eigenvalue weighted by Crippen LogP contribution is 2.09. The smallest absolute Gasteiger partial charge is 0.0666 e. The van der Waals surface area contributed by atoms with E-state index in [1.165, 1.54) is 5.57 Å². The van der Waals surface area contributed by atoms with Gasteiger partial charge >= 0.3 is 0 Å². The van der Waals surface area contributed by atoms with Crippen molar-refractivity contribution >= 4 is 0 Å². The van der Waals surface area contributed by atoms with E-state index in [0.717, 1.165) is 24.8 Å². The van der Waals surface area contributed by atoms with Gasteiger partial charge in [0.2, 0.25) is 0 Å². The fraction of sp³-hybridized carbons (Fsp3) is 0.545. The molecule has 0 unspecified atom stereocenters. The Labute approximate surface area is 75.4 Å². The SMILES string of the molecule is C=C(CC#N)CC/C=C(\C)CC. The van der Waals surface area contributed by atoms with Crippen LogP contribution in [0.3, 0.4) is 0 Å². The largest absolute Gasteiger partial charge is 0.198 e. The summed E-state index contributed by atoms with van der Waals surface area (Å²) < 4.78 is 0. The molecule has 1 nitrogen and oxygen atoms in total. The van der Waals surface area contributed by atoms with Crippen molar-refractivity contribution in [3.05, 3.63) is 23.8 Å². The van der Waals surface area contributed by atoms with Crippen molar-refractivity contribution in [3.8, 4) is 6.07 Å². The molecule has 0 aromatic heterocycles. The Kier molecular flexibility index (Phi) is 6.09. The molecule has 0 fully saturated rings. The maximum Gasteiger partial charge on any atom is 0.0666 e. The molecule has 0 aliphatic carbocycles. The molecule has 0 aromatic rings. The molecular formula is C11H17N. The summed E-state index contributed by atoms with van der Waals surface area (Å²) >= 11 is 0. The quantitative estimate of drug-likeness (QED) is 0.568. The highest BCUT2D eigenvalue weighted by atomic mass is 14.2. The molecule has 12 heavy (non-hydrogen) atoms. The van der Waals surface area contributed by atoms with Crippen molar-refractivity contribution in [2.75, 3.05) is 0 Å². The lowest BCUT2D eigenvalue weighted by molar-refractivity contribution is 0.930. The second-order valence-electron chi connectivity index (χ2n) is 3.03. The van der Waals surface area contributed by atoms with Crippen molar-refractivity contribution < 1.29 is 0 Å². The summed E-state index contributed by atoms with van der Waals surface area (Å²) in [6.45, 7) is 8.10. The predicted octanol–water partition coefficient (Wildman–Crippen LogP) is 3.59. The van der Waals surface area contributed by atoms with Crippen LogP contribution in [-0.4, -0.2) is 0 Å². The van der Waals surface area contributed by atoms with Crippen LogP contribution in [0.1, 0.15) is 39.5 Å². The Morgan fingerprint density at radius 1 is 1.58 bits per heavy atom. The number of rotatable bonds is 5. The molecule has 0 N–H and O–H groups in total. The van der Waals surface area contributed by atoms with Gasteiger partial charge in [-0.2, -0.15) is 5.26 Å². The standard InChI is InChI=1S/C11H17N/c1-4-10(2)6-5-7-11(3)8-9-12/h6H,3-5,7-8H2,1-2H3/b10-6+. The van der Waals surface area contributed by atoms with Gasteiger partial charge in [0.05, 0.1) is 12.5 Å². The summed E-state index contributed by atoms with van der Waals surface area (Å²) in [5.41, 5.74) is 2.46. The zero-order chi connectivity index (χ0) is 9.40. The zero-order valence-corrected chi connectivity index (χ0v) is 8.06. The van der Waals surface area contributed by atoms with Crippen LogP contribution in [0, 0.1) is 11.3 Å². The Bertz CT molecular complexity index is 206. The lowest BCUT2D eigenvalue weighted by Gasteiger charge is -1.98. The lowest BCUT2D eigenvalue weighted by atomic mass is 10.1. The van der Waals surface area contributed by atoms with E-state index in [2.05, 4.69) is 32.6 Å². The van der Waals surface area contributed by atoms with Gasteiger partial charge in [0.25, 0.3) is 0 Å². The van der Waals surface area contributed by atoms with Gasteiger partial charge in [-0.25, -0.2) is 0 Å². The first kappa shape index (κ1) is 11.0. The molecule has 0 spiro atoms. The average Bonchev–Trinajstić information content (AvgIpc) is 2.04. The van der Waals surface area contributed by atoms with Crippen molar-refractivity contribution in [3.63, 3.8) is 0 Å².